The molecule has 2 amide bonds. The summed E-state index contributed by atoms with van der Waals surface area (Å²) >= 11 is 0. The Morgan fingerprint density at radius 3 is 2.17 bits per heavy atom. The lowest BCUT2D eigenvalue weighted by atomic mass is 10.1. The van der Waals surface area contributed by atoms with Crippen molar-refractivity contribution in [3.05, 3.63) is 0 Å². The van der Waals surface area contributed by atoms with E-state index in [2.05, 4.69) is 5.32 Å². The number of carbonyl (C=O) groups excluding carboxylic acids is 2. The third-order valence-corrected chi connectivity index (χ3v) is 2.08. The number of amides is 2. The molecule has 0 aromatic carbocycles. The molecule has 0 heterocycles. The lowest BCUT2D eigenvalue weighted by Gasteiger charge is -2.13. The normalized spacial score (nSPS) is 18.9. The monoisotopic (exact) mass is 170 g/mol. The number of hydrogen-bond acceptors (Lipinski definition) is 2. The van der Waals surface area contributed by atoms with E-state index in [1.807, 2.05) is 13.8 Å². The molecule has 0 aliphatic heterocycles. The Morgan fingerprint density at radius 1 is 1.42 bits per heavy atom. The van der Waals surface area contributed by atoms with E-state index in [4.69, 9.17) is 5.73 Å². The van der Waals surface area contributed by atoms with Gasteiger partial charge in [-0.05, 0) is 26.7 Å². The second kappa shape index (κ2) is 2.77. The second-order valence-electron chi connectivity index (χ2n) is 3.57. The minimum absolute atomic E-state index is 0.0642. The van der Waals surface area contributed by atoms with Crippen LogP contribution in [0.1, 0.15) is 26.7 Å². The highest BCUT2D eigenvalue weighted by molar-refractivity contribution is 6.07. The van der Waals surface area contributed by atoms with Crippen molar-refractivity contribution in [2.45, 2.75) is 32.7 Å². The molecule has 0 bridgehead atoms. The smallest absolute Gasteiger partial charge is 0.235 e. The molecule has 1 aliphatic rings. The number of rotatable bonds is 3. The lowest BCUT2D eigenvalue weighted by molar-refractivity contribution is -0.135. The molecular formula is C8H14N2O2. The van der Waals surface area contributed by atoms with Crippen molar-refractivity contribution in [3.63, 3.8) is 0 Å². The SMILES string of the molecule is CC(C)NC(=O)C1(C(N)=O)CC1. The largest absolute Gasteiger partial charge is 0.369 e. The van der Waals surface area contributed by atoms with Gasteiger partial charge in [-0.1, -0.05) is 0 Å². The zero-order valence-electron chi connectivity index (χ0n) is 7.39. The Morgan fingerprint density at radius 2 is 1.92 bits per heavy atom. The Hall–Kier alpha value is -1.06. The van der Waals surface area contributed by atoms with Gasteiger partial charge < -0.3 is 11.1 Å². The average molecular weight is 170 g/mol. The van der Waals surface area contributed by atoms with Gasteiger partial charge in [0.15, 0.2) is 0 Å². The molecule has 1 rings (SSSR count). The molecule has 0 spiro atoms. The highest BCUT2D eigenvalue weighted by Crippen LogP contribution is 2.45. The Bertz CT molecular complexity index is 219. The molecule has 12 heavy (non-hydrogen) atoms. The van der Waals surface area contributed by atoms with E-state index in [0.717, 1.165) is 0 Å². The van der Waals surface area contributed by atoms with Crippen LogP contribution in [0.4, 0.5) is 0 Å². The van der Waals surface area contributed by atoms with Gasteiger partial charge in [0.05, 0.1) is 0 Å². The maximum Gasteiger partial charge on any atom is 0.235 e. The van der Waals surface area contributed by atoms with Crippen LogP contribution in [0.3, 0.4) is 0 Å². The Balaban J connectivity index is 2.58. The molecule has 0 aromatic rings. The highest BCUT2D eigenvalue weighted by Gasteiger charge is 2.55. The van der Waals surface area contributed by atoms with E-state index in [0.29, 0.717) is 12.8 Å². The summed E-state index contributed by atoms with van der Waals surface area (Å²) in [7, 11) is 0. The summed E-state index contributed by atoms with van der Waals surface area (Å²) in [6.07, 6.45) is 1.20. The van der Waals surface area contributed by atoms with Crippen LogP contribution in [0, 0.1) is 5.41 Å². The van der Waals surface area contributed by atoms with Crippen LogP contribution in [-0.2, 0) is 9.59 Å². The summed E-state index contributed by atoms with van der Waals surface area (Å²) in [4.78, 5) is 22.2. The van der Waals surface area contributed by atoms with Gasteiger partial charge in [-0.2, -0.15) is 0 Å². The summed E-state index contributed by atoms with van der Waals surface area (Å²) in [5.41, 5.74) is 4.24. The number of primary amides is 1. The van der Waals surface area contributed by atoms with E-state index in [1.165, 1.54) is 0 Å². The zero-order chi connectivity index (χ0) is 9.35. The second-order valence-corrected chi connectivity index (χ2v) is 3.57. The van der Waals surface area contributed by atoms with Crippen LogP contribution in [0.2, 0.25) is 0 Å². The predicted octanol–water partition coefficient (Wildman–Crippen LogP) is -0.224. The molecule has 68 valence electrons. The fourth-order valence-electron chi connectivity index (χ4n) is 1.11. The van der Waals surface area contributed by atoms with E-state index >= 15 is 0 Å². The van der Waals surface area contributed by atoms with Crippen molar-refractivity contribution < 1.29 is 9.59 Å². The van der Waals surface area contributed by atoms with Crippen LogP contribution < -0.4 is 11.1 Å². The summed E-state index contributed by atoms with van der Waals surface area (Å²) in [5.74, 6) is -0.717. The van der Waals surface area contributed by atoms with Crippen molar-refractivity contribution in [2.75, 3.05) is 0 Å². The zero-order valence-corrected chi connectivity index (χ0v) is 7.39. The molecule has 0 aromatic heterocycles. The fourth-order valence-corrected chi connectivity index (χ4v) is 1.11. The van der Waals surface area contributed by atoms with Crippen LogP contribution in [0.25, 0.3) is 0 Å². The number of nitrogens with two attached hydrogens (primary N) is 1. The maximum absolute atomic E-state index is 11.4. The van der Waals surface area contributed by atoms with Gasteiger partial charge in [-0.3, -0.25) is 9.59 Å². The lowest BCUT2D eigenvalue weighted by Crippen LogP contribution is -2.43. The van der Waals surface area contributed by atoms with Gasteiger partial charge >= 0.3 is 0 Å². The molecule has 0 radical (unpaired) electrons. The molecule has 3 N–H and O–H groups in total. The molecule has 4 heteroatoms. The Kier molecular flexibility index (Phi) is 2.08. The van der Waals surface area contributed by atoms with Crippen LogP contribution in [-0.4, -0.2) is 17.9 Å². The topological polar surface area (TPSA) is 72.2 Å². The number of carbonyl (C=O) groups is 2. The summed E-state index contributed by atoms with van der Waals surface area (Å²) in [6, 6.07) is 0.0642. The van der Waals surface area contributed by atoms with Crippen LogP contribution in [0.15, 0.2) is 0 Å². The maximum atomic E-state index is 11.4. The highest BCUT2D eigenvalue weighted by atomic mass is 16.2. The molecule has 0 unspecified atom stereocenters. The van der Waals surface area contributed by atoms with Crippen LogP contribution >= 0.6 is 0 Å². The third-order valence-electron chi connectivity index (χ3n) is 2.08. The molecule has 1 fully saturated rings. The molecule has 1 aliphatic carbocycles. The molecule has 4 nitrogen and oxygen atoms in total. The molecule has 1 saturated carbocycles. The third kappa shape index (κ3) is 1.42. The standard InChI is InChI=1S/C8H14N2O2/c1-5(2)10-7(12)8(3-4-8)6(9)11/h5H,3-4H2,1-2H3,(H2,9,11)(H,10,12). The van der Waals surface area contributed by atoms with Gasteiger partial charge in [0.2, 0.25) is 11.8 Å². The summed E-state index contributed by atoms with van der Waals surface area (Å²) in [5, 5.41) is 2.69. The van der Waals surface area contributed by atoms with Crippen molar-refractivity contribution in [1.29, 1.82) is 0 Å². The van der Waals surface area contributed by atoms with Gasteiger partial charge in [-0.15, -0.1) is 0 Å². The quantitative estimate of drug-likeness (QED) is 0.574. The summed E-state index contributed by atoms with van der Waals surface area (Å²) in [6.45, 7) is 3.71. The molecule has 0 atom stereocenters. The Labute approximate surface area is 71.5 Å². The minimum Gasteiger partial charge on any atom is -0.369 e. The van der Waals surface area contributed by atoms with Crippen molar-refractivity contribution in [1.82, 2.24) is 5.32 Å². The minimum atomic E-state index is -0.871. The van der Waals surface area contributed by atoms with Crippen LogP contribution in [0.5, 0.6) is 0 Å². The first-order chi connectivity index (χ1) is 5.49. The van der Waals surface area contributed by atoms with E-state index in [-0.39, 0.29) is 11.9 Å². The van der Waals surface area contributed by atoms with Gasteiger partial charge in [-0.25, -0.2) is 0 Å². The fraction of sp³-hybridized carbons (Fsp3) is 0.750. The van der Waals surface area contributed by atoms with Gasteiger partial charge in [0.1, 0.15) is 5.41 Å². The number of nitrogens with one attached hydrogen (secondary N) is 1. The molecule has 0 saturated heterocycles. The van der Waals surface area contributed by atoms with Crippen molar-refractivity contribution in [3.8, 4) is 0 Å². The first-order valence-electron chi connectivity index (χ1n) is 4.10. The summed E-state index contributed by atoms with van der Waals surface area (Å²) < 4.78 is 0. The predicted molar refractivity (Wildman–Crippen MR) is 44.1 cm³/mol. The van der Waals surface area contributed by atoms with E-state index in [1.54, 1.807) is 0 Å². The first-order valence-corrected chi connectivity index (χ1v) is 4.10. The van der Waals surface area contributed by atoms with Gasteiger partial charge in [0.25, 0.3) is 0 Å². The van der Waals surface area contributed by atoms with Crippen molar-refractivity contribution in [2.24, 2.45) is 11.1 Å². The number of hydrogen-bond donors (Lipinski definition) is 2. The average Bonchev–Trinajstić information content (AvgIpc) is 2.63. The first kappa shape index (κ1) is 9.03. The van der Waals surface area contributed by atoms with E-state index in [9.17, 15) is 9.59 Å². The van der Waals surface area contributed by atoms with E-state index < -0.39 is 11.3 Å². The molecular weight excluding hydrogens is 156 g/mol. The van der Waals surface area contributed by atoms with Crippen molar-refractivity contribution >= 4 is 11.8 Å². The van der Waals surface area contributed by atoms with Gasteiger partial charge in [0, 0.05) is 6.04 Å².